The Labute approximate surface area is 326 Å². The normalized spacial score (nSPS) is 18.5. The van der Waals surface area contributed by atoms with Crippen molar-refractivity contribution in [3.8, 4) is 33.8 Å². The molecule has 2 heterocycles. The average molecular weight is 770 g/mol. The molecule has 12 heteroatoms. The van der Waals surface area contributed by atoms with E-state index in [1.807, 2.05) is 78.8 Å². The van der Waals surface area contributed by atoms with Crippen LogP contribution in [0, 0.1) is 24.0 Å². The second-order valence-corrected chi connectivity index (χ2v) is 16.6. The van der Waals surface area contributed by atoms with Gasteiger partial charge in [-0.15, -0.1) is 0 Å². The van der Waals surface area contributed by atoms with Gasteiger partial charge in [-0.25, -0.2) is 18.4 Å². The van der Waals surface area contributed by atoms with Crippen molar-refractivity contribution >= 4 is 23.8 Å². The molecule has 2 unspecified atom stereocenters. The highest BCUT2D eigenvalue weighted by Crippen LogP contribution is 2.40. The fourth-order valence-corrected chi connectivity index (χ4v) is 7.40. The van der Waals surface area contributed by atoms with E-state index in [0.717, 1.165) is 28.8 Å². The lowest BCUT2D eigenvalue weighted by Gasteiger charge is -2.37. The number of nitrogens with zero attached hydrogens (tertiary/aromatic N) is 2. The molecule has 0 radical (unpaired) electrons. The lowest BCUT2D eigenvalue weighted by atomic mass is 9.83. The van der Waals surface area contributed by atoms with Gasteiger partial charge >= 0.3 is 12.2 Å². The molecule has 4 aromatic carbocycles. The first-order chi connectivity index (χ1) is 26.4. The van der Waals surface area contributed by atoms with Crippen molar-refractivity contribution in [3.63, 3.8) is 0 Å². The average Bonchev–Trinajstić information content (AvgIpc) is 3.77. The number of benzene rings is 4. The molecule has 3 amide bonds. The first-order valence-corrected chi connectivity index (χ1v) is 18.8. The van der Waals surface area contributed by atoms with E-state index in [1.54, 1.807) is 35.2 Å². The topological polar surface area (TPSA) is 118 Å². The number of rotatable bonds is 8. The maximum absolute atomic E-state index is 14.6. The van der Waals surface area contributed by atoms with E-state index in [2.05, 4.69) is 5.32 Å². The summed E-state index contributed by atoms with van der Waals surface area (Å²) in [4.78, 5) is 41.7. The Morgan fingerprint density at radius 3 is 2.16 bits per heavy atom. The van der Waals surface area contributed by atoms with Crippen molar-refractivity contribution in [2.24, 2.45) is 5.41 Å². The lowest BCUT2D eigenvalue weighted by Crippen LogP contribution is -2.48. The quantitative estimate of drug-likeness (QED) is 0.183. The fraction of sp³-hybridized carbons (Fsp3) is 0.386. The predicted molar refractivity (Wildman–Crippen MR) is 210 cm³/mol. The van der Waals surface area contributed by atoms with Gasteiger partial charge in [0.2, 0.25) is 0 Å². The van der Waals surface area contributed by atoms with Crippen LogP contribution in [0.4, 0.5) is 24.1 Å². The van der Waals surface area contributed by atoms with Crippen molar-refractivity contribution in [1.29, 1.82) is 0 Å². The second kappa shape index (κ2) is 15.8. The molecular formula is C44H49F2N3O7. The van der Waals surface area contributed by atoms with Gasteiger partial charge in [-0.05, 0) is 92.8 Å². The molecule has 2 aliphatic heterocycles. The van der Waals surface area contributed by atoms with E-state index < -0.39 is 46.8 Å². The first kappa shape index (κ1) is 40.0. The number of anilines is 1. The van der Waals surface area contributed by atoms with Gasteiger partial charge < -0.3 is 34.4 Å². The van der Waals surface area contributed by atoms with Gasteiger partial charge in [0, 0.05) is 48.3 Å². The van der Waals surface area contributed by atoms with Crippen LogP contribution in [0.3, 0.4) is 0 Å². The second-order valence-electron chi connectivity index (χ2n) is 16.6. The molecule has 56 heavy (non-hydrogen) atoms. The molecule has 3 atom stereocenters. The fourth-order valence-electron chi connectivity index (χ4n) is 7.40. The molecule has 6 rings (SSSR count). The van der Waals surface area contributed by atoms with E-state index in [9.17, 15) is 28.3 Å². The number of amides is 3. The minimum Gasteiger partial charge on any atom is -0.488 e. The Bertz CT molecular complexity index is 2130. The van der Waals surface area contributed by atoms with Gasteiger partial charge in [0.25, 0.3) is 5.91 Å². The van der Waals surface area contributed by atoms with E-state index in [1.165, 1.54) is 11.0 Å². The van der Waals surface area contributed by atoms with Gasteiger partial charge in [-0.3, -0.25) is 4.79 Å². The van der Waals surface area contributed by atoms with Crippen LogP contribution in [-0.4, -0.2) is 76.5 Å². The summed E-state index contributed by atoms with van der Waals surface area (Å²) in [7, 11) is 0. The summed E-state index contributed by atoms with van der Waals surface area (Å²) < 4.78 is 47.2. The number of carbonyl (C=O) groups is 3. The summed E-state index contributed by atoms with van der Waals surface area (Å²) >= 11 is 0. The third-order valence-corrected chi connectivity index (χ3v) is 9.88. The van der Waals surface area contributed by atoms with Crippen LogP contribution >= 0.6 is 0 Å². The molecule has 10 nitrogen and oxygen atoms in total. The molecule has 0 aliphatic carbocycles. The molecule has 2 fully saturated rings. The molecule has 0 spiro atoms. The largest absolute Gasteiger partial charge is 0.488 e. The summed E-state index contributed by atoms with van der Waals surface area (Å²) in [5.74, 6) is -1.64. The number of nitrogens with one attached hydrogen (secondary N) is 1. The molecule has 0 aromatic heterocycles. The SMILES string of the molecule is Cc1cccc(-c2cc(NC(=O)c3ccc(OC4CCN(C(=O)O)C4C(C)(C)C)c(-c4ccc(F)c(F)c4)c3)ccc2O[C@H]2CCN(C(=O)OC(C)(C)C)C2)c1. The number of carbonyl (C=O) groups excluding carboxylic acids is 2. The van der Waals surface area contributed by atoms with Crippen LogP contribution in [-0.2, 0) is 4.74 Å². The number of ether oxygens (including phenoxy) is 3. The zero-order chi connectivity index (χ0) is 40.5. The Morgan fingerprint density at radius 2 is 1.48 bits per heavy atom. The Balaban J connectivity index is 1.28. The highest BCUT2D eigenvalue weighted by atomic mass is 19.2. The Hall–Kier alpha value is -5.65. The highest BCUT2D eigenvalue weighted by Gasteiger charge is 2.45. The smallest absolute Gasteiger partial charge is 0.410 e. The molecule has 2 saturated heterocycles. The number of carboxylic acid groups (broad SMARTS) is 1. The number of hydrogen-bond donors (Lipinski definition) is 2. The van der Waals surface area contributed by atoms with Gasteiger partial charge in [-0.2, -0.15) is 0 Å². The summed E-state index contributed by atoms with van der Waals surface area (Å²) in [5, 5.41) is 12.9. The third kappa shape index (κ3) is 9.23. The summed E-state index contributed by atoms with van der Waals surface area (Å²) in [6.45, 7) is 14.5. The lowest BCUT2D eigenvalue weighted by molar-refractivity contribution is 0.0275. The summed E-state index contributed by atoms with van der Waals surface area (Å²) in [5.41, 5.74) is 2.94. The standard InChI is InChI=1S/C44H49F2N3O7/c1-26-9-8-10-27(21-26)33-24-30(13-16-36(33)54-31-17-19-48(25-31)42(53)56-44(5,6)7)47-40(50)29-12-15-37(32(22-29)28-11-14-34(45)35(46)23-28)55-38-18-20-49(41(51)52)39(38)43(2,3)4/h8-16,21-24,31,38-39H,17-20,25H2,1-7H3,(H,47,50)(H,51,52)/t31-,38?,39?/m0/s1. The predicted octanol–water partition coefficient (Wildman–Crippen LogP) is 9.79. The van der Waals surface area contributed by atoms with Crippen LogP contribution in [0.1, 0.15) is 70.3 Å². The maximum Gasteiger partial charge on any atom is 0.410 e. The van der Waals surface area contributed by atoms with E-state index in [-0.39, 0.29) is 29.9 Å². The van der Waals surface area contributed by atoms with Crippen LogP contribution in [0.25, 0.3) is 22.3 Å². The van der Waals surface area contributed by atoms with E-state index in [0.29, 0.717) is 48.7 Å². The molecular weight excluding hydrogens is 720 g/mol. The minimum atomic E-state index is -1.06. The zero-order valence-electron chi connectivity index (χ0n) is 32.8. The highest BCUT2D eigenvalue weighted by molar-refractivity contribution is 6.05. The molecule has 2 aliphatic rings. The third-order valence-electron chi connectivity index (χ3n) is 9.88. The Kier molecular flexibility index (Phi) is 11.3. The molecule has 0 bridgehead atoms. The minimum absolute atomic E-state index is 0.230. The molecule has 2 N–H and O–H groups in total. The number of halogens is 2. The molecule has 4 aromatic rings. The summed E-state index contributed by atoms with van der Waals surface area (Å²) in [6, 6.07) is 21.0. The van der Waals surface area contributed by atoms with Crippen LogP contribution in [0.2, 0.25) is 0 Å². The van der Waals surface area contributed by atoms with E-state index in [4.69, 9.17) is 14.2 Å². The van der Waals surface area contributed by atoms with Crippen LogP contribution < -0.4 is 14.8 Å². The van der Waals surface area contributed by atoms with Crippen molar-refractivity contribution in [3.05, 3.63) is 102 Å². The van der Waals surface area contributed by atoms with Crippen molar-refractivity contribution in [1.82, 2.24) is 9.80 Å². The van der Waals surface area contributed by atoms with Crippen LogP contribution in [0.15, 0.2) is 78.9 Å². The van der Waals surface area contributed by atoms with Gasteiger partial charge in [0.15, 0.2) is 11.6 Å². The van der Waals surface area contributed by atoms with E-state index >= 15 is 0 Å². The molecule has 296 valence electrons. The maximum atomic E-state index is 14.6. The molecule has 0 saturated carbocycles. The number of likely N-dealkylation sites (tertiary alicyclic amines) is 2. The number of aryl methyl sites for hydroxylation is 1. The van der Waals surface area contributed by atoms with Crippen molar-refractivity contribution in [2.45, 2.75) is 85.2 Å². The van der Waals surface area contributed by atoms with Gasteiger partial charge in [0.05, 0.1) is 12.6 Å². The first-order valence-electron chi connectivity index (χ1n) is 18.8. The van der Waals surface area contributed by atoms with Crippen molar-refractivity contribution in [2.75, 3.05) is 25.0 Å². The van der Waals surface area contributed by atoms with Crippen LogP contribution in [0.5, 0.6) is 11.5 Å². The van der Waals surface area contributed by atoms with Gasteiger partial charge in [-0.1, -0.05) is 56.7 Å². The monoisotopic (exact) mass is 769 g/mol. The van der Waals surface area contributed by atoms with Crippen molar-refractivity contribution < 1.29 is 42.5 Å². The Morgan fingerprint density at radius 1 is 0.786 bits per heavy atom. The zero-order valence-corrected chi connectivity index (χ0v) is 32.8. The summed E-state index contributed by atoms with van der Waals surface area (Å²) in [6.07, 6.45) is -1.17. The van der Waals surface area contributed by atoms with Gasteiger partial charge in [0.1, 0.15) is 29.3 Å². The number of hydrogen-bond acceptors (Lipinski definition) is 6.